The van der Waals surface area contributed by atoms with Gasteiger partial charge in [-0.15, -0.1) is 10.2 Å². The Kier molecular flexibility index (Phi) is 4.66. The van der Waals surface area contributed by atoms with Crippen molar-refractivity contribution in [2.75, 3.05) is 18.9 Å². The number of hydrogen-bond donors (Lipinski definition) is 1. The SMILES string of the molecule is CN(CC(=O)Nc1nnc(-c2ccccc2)s1)C(=O)c1ccco1. The normalized spacial score (nSPS) is 10.4. The third kappa shape index (κ3) is 3.66. The van der Waals surface area contributed by atoms with Crippen LogP contribution < -0.4 is 5.32 Å². The largest absolute Gasteiger partial charge is 0.459 e. The molecule has 3 rings (SSSR count). The summed E-state index contributed by atoms with van der Waals surface area (Å²) in [5.74, 6) is -0.530. The van der Waals surface area contributed by atoms with Gasteiger partial charge in [0.2, 0.25) is 11.0 Å². The number of benzene rings is 1. The first-order valence-corrected chi connectivity index (χ1v) is 7.93. The Balaban J connectivity index is 1.59. The van der Waals surface area contributed by atoms with E-state index in [-0.39, 0.29) is 24.1 Å². The summed E-state index contributed by atoms with van der Waals surface area (Å²) in [6.45, 7) is -0.111. The Morgan fingerprint density at radius 1 is 1.17 bits per heavy atom. The average molecular weight is 342 g/mol. The maximum absolute atomic E-state index is 12.0. The smallest absolute Gasteiger partial charge is 0.289 e. The van der Waals surface area contributed by atoms with Gasteiger partial charge in [-0.25, -0.2) is 0 Å². The molecule has 3 aromatic rings. The molecule has 0 spiro atoms. The Labute approximate surface area is 141 Å². The van der Waals surface area contributed by atoms with Crippen LogP contribution in [0.15, 0.2) is 53.1 Å². The summed E-state index contributed by atoms with van der Waals surface area (Å²) in [4.78, 5) is 25.3. The number of aromatic nitrogens is 2. The van der Waals surface area contributed by atoms with Crippen LogP contribution in [0.25, 0.3) is 10.6 Å². The molecule has 0 bridgehead atoms. The molecule has 0 aliphatic carbocycles. The number of likely N-dealkylation sites (N-methyl/N-ethyl adjacent to an activating group) is 1. The fraction of sp³-hybridized carbons (Fsp3) is 0.125. The summed E-state index contributed by atoms with van der Waals surface area (Å²) in [5, 5.41) is 11.7. The van der Waals surface area contributed by atoms with Crippen LogP contribution >= 0.6 is 11.3 Å². The molecule has 1 aromatic carbocycles. The van der Waals surface area contributed by atoms with Gasteiger partial charge in [0.05, 0.1) is 6.26 Å². The van der Waals surface area contributed by atoms with Crippen molar-refractivity contribution >= 4 is 28.3 Å². The van der Waals surface area contributed by atoms with Crippen molar-refractivity contribution in [2.45, 2.75) is 0 Å². The highest BCUT2D eigenvalue weighted by Gasteiger charge is 2.18. The van der Waals surface area contributed by atoms with E-state index in [1.807, 2.05) is 30.3 Å². The molecular weight excluding hydrogens is 328 g/mol. The number of hydrogen-bond acceptors (Lipinski definition) is 6. The molecule has 0 saturated heterocycles. The van der Waals surface area contributed by atoms with E-state index in [1.165, 1.54) is 29.5 Å². The minimum absolute atomic E-state index is 0.111. The first-order chi connectivity index (χ1) is 11.6. The van der Waals surface area contributed by atoms with E-state index in [0.29, 0.717) is 10.1 Å². The molecule has 0 aliphatic heterocycles. The first kappa shape index (κ1) is 15.9. The molecule has 0 unspecified atom stereocenters. The monoisotopic (exact) mass is 342 g/mol. The number of amides is 2. The molecule has 0 atom stereocenters. The standard InChI is InChI=1S/C16H14N4O3S/c1-20(15(22)12-8-5-9-23-12)10-13(21)17-16-19-18-14(24-16)11-6-3-2-4-7-11/h2-9H,10H2,1H3,(H,17,19,21). The lowest BCUT2D eigenvalue weighted by molar-refractivity contribution is -0.116. The molecule has 2 amide bonds. The number of carbonyl (C=O) groups excluding carboxylic acids is 2. The lowest BCUT2D eigenvalue weighted by Gasteiger charge is -2.14. The summed E-state index contributed by atoms with van der Waals surface area (Å²) >= 11 is 1.27. The highest BCUT2D eigenvalue weighted by molar-refractivity contribution is 7.18. The van der Waals surface area contributed by atoms with Crippen LogP contribution in [0.3, 0.4) is 0 Å². The van der Waals surface area contributed by atoms with Crippen molar-refractivity contribution < 1.29 is 14.0 Å². The second-order valence-corrected chi connectivity index (χ2v) is 5.94. The van der Waals surface area contributed by atoms with Gasteiger partial charge in [0.15, 0.2) is 5.76 Å². The number of nitrogens with zero attached hydrogens (tertiary/aromatic N) is 3. The highest BCUT2D eigenvalue weighted by atomic mass is 32.1. The minimum atomic E-state index is -0.364. The fourth-order valence-electron chi connectivity index (χ4n) is 2.01. The molecule has 0 aliphatic rings. The zero-order valence-corrected chi connectivity index (χ0v) is 13.6. The van der Waals surface area contributed by atoms with E-state index in [0.717, 1.165) is 5.56 Å². The molecule has 0 fully saturated rings. The van der Waals surface area contributed by atoms with Gasteiger partial charge in [-0.1, -0.05) is 41.7 Å². The number of furan rings is 1. The van der Waals surface area contributed by atoms with E-state index in [1.54, 1.807) is 12.1 Å². The van der Waals surface area contributed by atoms with Crippen LogP contribution in [0.2, 0.25) is 0 Å². The topological polar surface area (TPSA) is 88.3 Å². The Hall–Kier alpha value is -3.00. The lowest BCUT2D eigenvalue weighted by Crippen LogP contribution is -2.34. The van der Waals surface area contributed by atoms with E-state index >= 15 is 0 Å². The van der Waals surface area contributed by atoms with Crippen LogP contribution in [-0.4, -0.2) is 40.5 Å². The maximum atomic E-state index is 12.0. The molecule has 1 N–H and O–H groups in total. The van der Waals surface area contributed by atoms with Crippen molar-refractivity contribution in [3.05, 3.63) is 54.5 Å². The van der Waals surface area contributed by atoms with Gasteiger partial charge in [-0.2, -0.15) is 0 Å². The van der Waals surface area contributed by atoms with Crippen molar-refractivity contribution in [1.82, 2.24) is 15.1 Å². The molecule has 122 valence electrons. The lowest BCUT2D eigenvalue weighted by atomic mass is 10.2. The molecular formula is C16H14N4O3S. The number of rotatable bonds is 5. The highest BCUT2D eigenvalue weighted by Crippen LogP contribution is 2.25. The molecule has 8 heteroatoms. The van der Waals surface area contributed by atoms with Crippen LogP contribution in [0, 0.1) is 0 Å². The molecule has 0 saturated carbocycles. The third-order valence-electron chi connectivity index (χ3n) is 3.15. The molecule has 2 heterocycles. The van der Waals surface area contributed by atoms with E-state index < -0.39 is 0 Å². The van der Waals surface area contributed by atoms with Crippen molar-refractivity contribution in [3.8, 4) is 10.6 Å². The predicted octanol–water partition coefficient (Wildman–Crippen LogP) is 2.51. The van der Waals surface area contributed by atoms with Gasteiger partial charge in [0, 0.05) is 12.6 Å². The molecule has 7 nitrogen and oxygen atoms in total. The van der Waals surface area contributed by atoms with E-state index in [2.05, 4.69) is 15.5 Å². The van der Waals surface area contributed by atoms with Crippen molar-refractivity contribution in [1.29, 1.82) is 0 Å². The quantitative estimate of drug-likeness (QED) is 0.769. The van der Waals surface area contributed by atoms with Gasteiger partial charge in [0.25, 0.3) is 5.91 Å². The van der Waals surface area contributed by atoms with Gasteiger partial charge in [-0.05, 0) is 12.1 Å². The predicted molar refractivity (Wildman–Crippen MR) is 89.6 cm³/mol. The maximum Gasteiger partial charge on any atom is 0.289 e. The van der Waals surface area contributed by atoms with Gasteiger partial charge in [-0.3, -0.25) is 14.9 Å². The summed E-state index contributed by atoms with van der Waals surface area (Å²) in [5.41, 5.74) is 0.931. The van der Waals surface area contributed by atoms with Crippen LogP contribution in [0.1, 0.15) is 10.6 Å². The summed E-state index contributed by atoms with van der Waals surface area (Å²) in [6.07, 6.45) is 1.41. The van der Waals surface area contributed by atoms with Gasteiger partial charge < -0.3 is 9.32 Å². The van der Waals surface area contributed by atoms with E-state index in [9.17, 15) is 9.59 Å². The molecule has 2 aromatic heterocycles. The average Bonchev–Trinajstić information content (AvgIpc) is 3.26. The molecule has 0 radical (unpaired) electrons. The number of nitrogens with one attached hydrogen (secondary N) is 1. The Bertz CT molecular complexity index is 830. The number of anilines is 1. The van der Waals surface area contributed by atoms with Gasteiger partial charge >= 0.3 is 0 Å². The molecule has 24 heavy (non-hydrogen) atoms. The second kappa shape index (κ2) is 7.05. The van der Waals surface area contributed by atoms with E-state index in [4.69, 9.17) is 4.42 Å². The Morgan fingerprint density at radius 3 is 2.67 bits per heavy atom. The minimum Gasteiger partial charge on any atom is -0.459 e. The van der Waals surface area contributed by atoms with Gasteiger partial charge in [0.1, 0.15) is 11.6 Å². The third-order valence-corrected chi connectivity index (χ3v) is 4.04. The van der Waals surface area contributed by atoms with Crippen LogP contribution in [0.4, 0.5) is 5.13 Å². The summed E-state index contributed by atoms with van der Waals surface area (Å²) in [6, 6.07) is 12.7. The second-order valence-electron chi connectivity index (χ2n) is 4.97. The van der Waals surface area contributed by atoms with Crippen LogP contribution in [0.5, 0.6) is 0 Å². The zero-order valence-electron chi connectivity index (χ0n) is 12.8. The number of carbonyl (C=O) groups is 2. The van der Waals surface area contributed by atoms with Crippen molar-refractivity contribution in [2.24, 2.45) is 0 Å². The summed E-state index contributed by atoms with van der Waals surface area (Å²) in [7, 11) is 1.53. The zero-order chi connectivity index (χ0) is 16.9. The summed E-state index contributed by atoms with van der Waals surface area (Å²) < 4.78 is 5.03. The van der Waals surface area contributed by atoms with Crippen molar-refractivity contribution in [3.63, 3.8) is 0 Å². The van der Waals surface area contributed by atoms with Crippen LogP contribution in [-0.2, 0) is 4.79 Å². The Morgan fingerprint density at radius 2 is 1.96 bits per heavy atom. The fourth-order valence-corrected chi connectivity index (χ4v) is 2.77. The first-order valence-electron chi connectivity index (χ1n) is 7.11.